The summed E-state index contributed by atoms with van der Waals surface area (Å²) in [6.07, 6.45) is -0.382. The number of aliphatic carboxylic acids is 1. The smallest absolute Gasteiger partial charge is 0.323 e. The molecule has 0 bridgehead atoms. The number of benzene rings is 1. The predicted octanol–water partition coefficient (Wildman–Crippen LogP) is 1.03. The van der Waals surface area contributed by atoms with Gasteiger partial charge in [0.1, 0.15) is 6.54 Å². The highest BCUT2D eigenvalue weighted by molar-refractivity contribution is 7.89. The fourth-order valence-corrected chi connectivity index (χ4v) is 4.51. The first-order chi connectivity index (χ1) is 12.1. The average molecular weight is 384 g/mol. The summed E-state index contributed by atoms with van der Waals surface area (Å²) in [5.74, 6) is -1.55. The fourth-order valence-electron chi connectivity index (χ4n) is 2.92. The Bertz CT molecular complexity index is 752. The number of nitrogens with zero attached hydrogens (tertiary/aromatic N) is 2. The van der Waals surface area contributed by atoms with Crippen molar-refractivity contribution >= 4 is 21.9 Å². The van der Waals surface area contributed by atoms with E-state index < -0.39 is 28.4 Å². The molecule has 1 aromatic rings. The first kappa shape index (κ1) is 20.3. The van der Waals surface area contributed by atoms with Gasteiger partial charge in [0.2, 0.25) is 10.0 Å². The minimum absolute atomic E-state index is 0.0941. The second-order valence-corrected chi connectivity index (χ2v) is 8.25. The summed E-state index contributed by atoms with van der Waals surface area (Å²) in [6, 6.07) is 5.57. The van der Waals surface area contributed by atoms with Gasteiger partial charge in [-0.25, -0.2) is 8.42 Å². The molecule has 1 N–H and O–H groups in total. The van der Waals surface area contributed by atoms with Crippen molar-refractivity contribution in [2.45, 2.75) is 37.9 Å². The molecule has 0 spiro atoms. The van der Waals surface area contributed by atoms with Gasteiger partial charge >= 0.3 is 5.97 Å². The minimum Gasteiger partial charge on any atom is -0.480 e. The van der Waals surface area contributed by atoms with Crippen LogP contribution in [-0.4, -0.2) is 73.0 Å². The molecule has 2 atom stereocenters. The maximum Gasteiger partial charge on any atom is 0.323 e. The molecule has 144 valence electrons. The predicted molar refractivity (Wildman–Crippen MR) is 94.4 cm³/mol. The van der Waals surface area contributed by atoms with Gasteiger partial charge in [-0.3, -0.25) is 9.59 Å². The Morgan fingerprint density at radius 3 is 2.19 bits per heavy atom. The number of hydrogen-bond acceptors (Lipinski definition) is 5. The zero-order chi connectivity index (χ0) is 19.5. The highest BCUT2D eigenvalue weighted by Crippen LogP contribution is 2.21. The van der Waals surface area contributed by atoms with Gasteiger partial charge < -0.3 is 14.7 Å². The molecule has 1 amide bonds. The maximum atomic E-state index is 12.8. The molecule has 1 aliphatic rings. The molecule has 0 aliphatic carbocycles. The molecule has 0 radical (unpaired) electrons. The first-order valence-electron chi connectivity index (χ1n) is 8.42. The number of carbonyl (C=O) groups excluding carboxylic acids is 1. The number of amides is 1. The molecule has 1 fully saturated rings. The lowest BCUT2D eigenvalue weighted by atomic mass is 10.2. The third kappa shape index (κ3) is 4.60. The van der Waals surface area contributed by atoms with E-state index in [0.29, 0.717) is 0 Å². The van der Waals surface area contributed by atoms with Crippen LogP contribution in [0.3, 0.4) is 0 Å². The van der Waals surface area contributed by atoms with Gasteiger partial charge in [-0.2, -0.15) is 4.31 Å². The number of hydrogen-bond donors (Lipinski definition) is 1. The molecule has 1 heterocycles. The highest BCUT2D eigenvalue weighted by atomic mass is 32.2. The van der Waals surface area contributed by atoms with E-state index in [1.165, 1.54) is 33.5 Å². The summed E-state index contributed by atoms with van der Waals surface area (Å²) >= 11 is 0. The van der Waals surface area contributed by atoms with Gasteiger partial charge in [0.05, 0.1) is 17.1 Å². The number of rotatable bonds is 6. The zero-order valence-electron chi connectivity index (χ0n) is 15.1. The Morgan fingerprint density at radius 2 is 1.73 bits per heavy atom. The third-order valence-electron chi connectivity index (χ3n) is 4.12. The van der Waals surface area contributed by atoms with Crippen LogP contribution in [0.4, 0.5) is 0 Å². The average Bonchev–Trinajstić information content (AvgIpc) is 2.58. The zero-order valence-corrected chi connectivity index (χ0v) is 15.9. The van der Waals surface area contributed by atoms with Crippen molar-refractivity contribution in [3.63, 3.8) is 0 Å². The second kappa shape index (κ2) is 8.15. The van der Waals surface area contributed by atoms with Crippen LogP contribution < -0.4 is 0 Å². The molecular formula is C17H24N2O6S. The summed E-state index contributed by atoms with van der Waals surface area (Å²) in [6.45, 7) is 5.71. The Labute approximate surface area is 153 Å². The van der Waals surface area contributed by atoms with Gasteiger partial charge in [0.25, 0.3) is 5.91 Å². The lowest BCUT2D eigenvalue weighted by Crippen LogP contribution is -2.48. The molecular weight excluding hydrogens is 360 g/mol. The van der Waals surface area contributed by atoms with Crippen LogP contribution >= 0.6 is 0 Å². The molecule has 8 nitrogen and oxygen atoms in total. The summed E-state index contributed by atoms with van der Waals surface area (Å²) in [4.78, 5) is 24.4. The number of carboxylic acids is 1. The quantitative estimate of drug-likeness (QED) is 0.786. The van der Waals surface area contributed by atoms with Crippen molar-refractivity contribution in [2.24, 2.45) is 0 Å². The molecule has 1 aliphatic heterocycles. The molecule has 0 aromatic heterocycles. The van der Waals surface area contributed by atoms with Crippen molar-refractivity contribution < 1.29 is 27.9 Å². The molecule has 9 heteroatoms. The van der Waals surface area contributed by atoms with E-state index >= 15 is 0 Å². The van der Waals surface area contributed by atoms with Crippen molar-refractivity contribution in [2.75, 3.05) is 26.2 Å². The van der Waals surface area contributed by atoms with E-state index in [0.717, 1.165) is 0 Å². The molecule has 26 heavy (non-hydrogen) atoms. The van der Waals surface area contributed by atoms with Crippen molar-refractivity contribution in [3.05, 3.63) is 29.8 Å². The van der Waals surface area contributed by atoms with Gasteiger partial charge in [0.15, 0.2) is 0 Å². The Kier molecular flexibility index (Phi) is 6.38. The van der Waals surface area contributed by atoms with Crippen LogP contribution in [0.1, 0.15) is 31.1 Å². The number of carbonyl (C=O) groups is 2. The number of carboxylic acid groups (broad SMARTS) is 1. The van der Waals surface area contributed by atoms with Crippen molar-refractivity contribution in [3.8, 4) is 0 Å². The second-order valence-electron chi connectivity index (χ2n) is 6.32. The van der Waals surface area contributed by atoms with Gasteiger partial charge in [-0.05, 0) is 45.0 Å². The third-order valence-corrected chi connectivity index (χ3v) is 5.97. The normalized spacial score (nSPS) is 21.3. The summed E-state index contributed by atoms with van der Waals surface area (Å²) < 4.78 is 32.5. The van der Waals surface area contributed by atoms with E-state index in [2.05, 4.69) is 0 Å². The van der Waals surface area contributed by atoms with E-state index in [4.69, 9.17) is 9.84 Å². The molecule has 0 saturated carbocycles. The van der Waals surface area contributed by atoms with Crippen LogP contribution in [0.5, 0.6) is 0 Å². The number of likely N-dealkylation sites (N-methyl/N-ethyl adjacent to an activating group) is 1. The lowest BCUT2D eigenvalue weighted by Gasteiger charge is -2.34. The fraction of sp³-hybridized carbons (Fsp3) is 0.529. The summed E-state index contributed by atoms with van der Waals surface area (Å²) in [5.41, 5.74) is 0.246. The minimum atomic E-state index is -3.68. The maximum absolute atomic E-state index is 12.8. The van der Waals surface area contributed by atoms with E-state index in [-0.39, 0.29) is 42.3 Å². The standard InChI is InChI=1S/C17H24N2O6S/c1-4-18(11-16(20)21)17(22)14-5-7-15(8-6-14)26(23,24)19-9-12(2)25-13(3)10-19/h5-8,12-13H,4,9-11H2,1-3H3,(H,20,21). The van der Waals surface area contributed by atoms with Crippen LogP contribution in [0.25, 0.3) is 0 Å². The van der Waals surface area contributed by atoms with Crippen molar-refractivity contribution in [1.82, 2.24) is 9.21 Å². The van der Waals surface area contributed by atoms with Crippen LogP contribution in [0.15, 0.2) is 29.2 Å². The Morgan fingerprint density at radius 1 is 1.19 bits per heavy atom. The Hall–Kier alpha value is -1.97. The van der Waals surface area contributed by atoms with Gasteiger partial charge in [-0.1, -0.05) is 0 Å². The van der Waals surface area contributed by atoms with E-state index in [1.807, 2.05) is 13.8 Å². The number of sulfonamides is 1. The number of ether oxygens (including phenoxy) is 1. The molecule has 2 unspecified atom stereocenters. The number of morpholine rings is 1. The largest absolute Gasteiger partial charge is 0.480 e. The monoisotopic (exact) mass is 384 g/mol. The van der Waals surface area contributed by atoms with Crippen LogP contribution in [0.2, 0.25) is 0 Å². The van der Waals surface area contributed by atoms with Gasteiger partial charge in [0, 0.05) is 25.2 Å². The topological polar surface area (TPSA) is 104 Å². The highest BCUT2D eigenvalue weighted by Gasteiger charge is 2.32. The molecule has 1 saturated heterocycles. The van der Waals surface area contributed by atoms with E-state index in [1.54, 1.807) is 6.92 Å². The SMILES string of the molecule is CCN(CC(=O)O)C(=O)c1ccc(S(=O)(=O)N2CC(C)OC(C)C2)cc1. The van der Waals surface area contributed by atoms with E-state index in [9.17, 15) is 18.0 Å². The molecule has 1 aromatic carbocycles. The van der Waals surface area contributed by atoms with Crippen LogP contribution in [-0.2, 0) is 19.6 Å². The summed E-state index contributed by atoms with van der Waals surface area (Å²) in [7, 11) is -3.68. The summed E-state index contributed by atoms with van der Waals surface area (Å²) in [5, 5.41) is 8.86. The van der Waals surface area contributed by atoms with Crippen molar-refractivity contribution in [1.29, 1.82) is 0 Å². The lowest BCUT2D eigenvalue weighted by molar-refractivity contribution is -0.137. The molecule has 2 rings (SSSR count). The van der Waals surface area contributed by atoms with Crippen LogP contribution in [0, 0.1) is 0 Å². The van der Waals surface area contributed by atoms with Gasteiger partial charge in [-0.15, -0.1) is 0 Å². The Balaban J connectivity index is 2.20. The first-order valence-corrected chi connectivity index (χ1v) is 9.86.